The fraction of sp³-hybridized carbons (Fsp3) is 0.857. The van der Waals surface area contributed by atoms with Crippen molar-refractivity contribution in [1.82, 2.24) is 5.32 Å². The summed E-state index contributed by atoms with van der Waals surface area (Å²) in [6.07, 6.45) is 1.76. The largest absolute Gasteiger partial charge is 0.480 e. The van der Waals surface area contributed by atoms with Crippen LogP contribution in [0.4, 0.5) is 0 Å². The SMILES string of the molecule is CCCCNCC(C(=O)O)S(=O)(=O)O. The summed E-state index contributed by atoms with van der Waals surface area (Å²) >= 11 is 0. The smallest absolute Gasteiger partial charge is 0.325 e. The van der Waals surface area contributed by atoms with Crippen LogP contribution in [0.2, 0.25) is 0 Å². The van der Waals surface area contributed by atoms with Crippen molar-refractivity contribution in [3.8, 4) is 0 Å². The number of unbranched alkanes of at least 4 members (excludes halogenated alkanes) is 1. The molecule has 0 aliphatic rings. The van der Waals surface area contributed by atoms with E-state index in [1.165, 1.54) is 0 Å². The third-order valence-corrected chi connectivity index (χ3v) is 2.76. The second-order valence-corrected chi connectivity index (χ2v) is 4.50. The molecular weight excluding hydrogens is 210 g/mol. The summed E-state index contributed by atoms with van der Waals surface area (Å²) in [6, 6.07) is 0. The highest BCUT2D eigenvalue weighted by molar-refractivity contribution is 7.87. The number of rotatable bonds is 7. The average Bonchev–Trinajstić information content (AvgIpc) is 2.01. The summed E-state index contributed by atoms with van der Waals surface area (Å²) in [6.45, 7) is 2.23. The standard InChI is InChI=1S/C7H15NO5S/c1-2-3-4-8-5-6(7(9)10)14(11,12)13/h6,8H,2-5H2,1H3,(H,9,10)(H,11,12,13). The lowest BCUT2D eigenvalue weighted by Gasteiger charge is -2.09. The van der Waals surface area contributed by atoms with Crippen LogP contribution < -0.4 is 5.32 Å². The summed E-state index contributed by atoms with van der Waals surface area (Å²) in [5.41, 5.74) is 0. The van der Waals surface area contributed by atoms with Gasteiger partial charge in [-0.05, 0) is 13.0 Å². The highest BCUT2D eigenvalue weighted by Gasteiger charge is 2.30. The van der Waals surface area contributed by atoms with Crippen molar-refractivity contribution in [2.24, 2.45) is 0 Å². The van der Waals surface area contributed by atoms with Crippen LogP contribution in [0, 0.1) is 0 Å². The van der Waals surface area contributed by atoms with E-state index in [0.29, 0.717) is 6.54 Å². The molecular formula is C7H15NO5S. The predicted octanol–water partition coefficient (Wildman–Crippen LogP) is -0.283. The summed E-state index contributed by atoms with van der Waals surface area (Å²) < 4.78 is 29.7. The normalized spacial score (nSPS) is 13.9. The van der Waals surface area contributed by atoms with E-state index >= 15 is 0 Å². The van der Waals surface area contributed by atoms with Crippen LogP contribution in [0.25, 0.3) is 0 Å². The van der Waals surface area contributed by atoms with Gasteiger partial charge >= 0.3 is 5.97 Å². The molecule has 0 rings (SSSR count). The minimum atomic E-state index is -4.51. The van der Waals surface area contributed by atoms with Gasteiger partial charge in [0.1, 0.15) is 0 Å². The van der Waals surface area contributed by atoms with Gasteiger partial charge in [0.2, 0.25) is 0 Å². The molecule has 0 fully saturated rings. The van der Waals surface area contributed by atoms with Crippen molar-refractivity contribution in [3.63, 3.8) is 0 Å². The molecule has 0 aromatic carbocycles. The monoisotopic (exact) mass is 225 g/mol. The lowest BCUT2D eigenvalue weighted by atomic mass is 10.3. The third kappa shape index (κ3) is 5.15. The Hall–Kier alpha value is -0.660. The molecule has 0 saturated carbocycles. The van der Waals surface area contributed by atoms with E-state index < -0.39 is 21.3 Å². The molecule has 0 aromatic rings. The van der Waals surface area contributed by atoms with Crippen LogP contribution in [0.5, 0.6) is 0 Å². The molecule has 1 unspecified atom stereocenters. The molecule has 0 saturated heterocycles. The first kappa shape index (κ1) is 13.3. The molecule has 84 valence electrons. The van der Waals surface area contributed by atoms with Gasteiger partial charge in [0.15, 0.2) is 5.25 Å². The lowest BCUT2D eigenvalue weighted by Crippen LogP contribution is -2.39. The molecule has 0 bridgehead atoms. The highest BCUT2D eigenvalue weighted by Crippen LogP contribution is 1.97. The van der Waals surface area contributed by atoms with E-state index in [2.05, 4.69) is 5.32 Å². The van der Waals surface area contributed by atoms with Crippen LogP contribution >= 0.6 is 0 Å². The molecule has 0 amide bonds. The maximum absolute atomic E-state index is 10.6. The minimum Gasteiger partial charge on any atom is -0.480 e. The second kappa shape index (κ2) is 5.94. The van der Waals surface area contributed by atoms with E-state index in [0.717, 1.165) is 12.8 Å². The van der Waals surface area contributed by atoms with Gasteiger partial charge in [-0.3, -0.25) is 9.35 Å². The van der Waals surface area contributed by atoms with Gasteiger partial charge in [-0.25, -0.2) is 0 Å². The van der Waals surface area contributed by atoms with Crippen molar-refractivity contribution >= 4 is 16.1 Å². The van der Waals surface area contributed by atoms with Gasteiger partial charge < -0.3 is 10.4 Å². The number of carboxylic acid groups (broad SMARTS) is 1. The first-order chi connectivity index (χ1) is 6.39. The Balaban J connectivity index is 4.07. The van der Waals surface area contributed by atoms with Gasteiger partial charge in [-0.15, -0.1) is 0 Å². The molecule has 14 heavy (non-hydrogen) atoms. The Morgan fingerprint density at radius 3 is 2.43 bits per heavy atom. The van der Waals surface area contributed by atoms with Crippen LogP contribution in [-0.2, 0) is 14.9 Å². The fourth-order valence-electron chi connectivity index (χ4n) is 0.855. The Morgan fingerprint density at radius 1 is 1.50 bits per heavy atom. The van der Waals surface area contributed by atoms with Crippen LogP contribution in [-0.4, -0.2) is 42.4 Å². The van der Waals surface area contributed by atoms with Gasteiger partial charge in [-0.2, -0.15) is 8.42 Å². The quantitative estimate of drug-likeness (QED) is 0.406. The Labute approximate surface area is 83.1 Å². The molecule has 0 aromatic heterocycles. The van der Waals surface area contributed by atoms with Crippen molar-refractivity contribution in [3.05, 3.63) is 0 Å². The fourth-order valence-corrected chi connectivity index (χ4v) is 1.44. The lowest BCUT2D eigenvalue weighted by molar-refractivity contribution is -0.136. The molecule has 0 spiro atoms. The van der Waals surface area contributed by atoms with Crippen molar-refractivity contribution in [2.75, 3.05) is 13.1 Å². The summed E-state index contributed by atoms with van der Waals surface area (Å²) in [5, 5.41) is 9.36. The number of carboxylic acids is 1. The van der Waals surface area contributed by atoms with Crippen LogP contribution in [0.15, 0.2) is 0 Å². The van der Waals surface area contributed by atoms with Gasteiger partial charge in [0, 0.05) is 6.54 Å². The second-order valence-electron chi connectivity index (χ2n) is 2.90. The van der Waals surface area contributed by atoms with E-state index in [1.807, 2.05) is 6.92 Å². The van der Waals surface area contributed by atoms with Gasteiger partial charge in [-0.1, -0.05) is 13.3 Å². The number of nitrogens with one attached hydrogen (secondary N) is 1. The molecule has 3 N–H and O–H groups in total. The first-order valence-electron chi connectivity index (χ1n) is 4.29. The van der Waals surface area contributed by atoms with E-state index in [-0.39, 0.29) is 6.54 Å². The van der Waals surface area contributed by atoms with Crippen LogP contribution in [0.1, 0.15) is 19.8 Å². The number of aliphatic carboxylic acids is 1. The summed E-state index contributed by atoms with van der Waals surface area (Å²) in [7, 11) is -4.51. The zero-order chi connectivity index (χ0) is 11.2. The molecule has 1 atom stereocenters. The molecule has 0 aliphatic heterocycles. The third-order valence-electron chi connectivity index (χ3n) is 1.67. The van der Waals surface area contributed by atoms with Crippen molar-refractivity contribution < 1.29 is 22.9 Å². The topological polar surface area (TPSA) is 104 Å². The molecule has 0 heterocycles. The van der Waals surface area contributed by atoms with Crippen molar-refractivity contribution in [1.29, 1.82) is 0 Å². The van der Waals surface area contributed by atoms with E-state index in [4.69, 9.17) is 9.66 Å². The minimum absolute atomic E-state index is 0.270. The van der Waals surface area contributed by atoms with Crippen molar-refractivity contribution in [2.45, 2.75) is 25.0 Å². The number of hydrogen-bond acceptors (Lipinski definition) is 4. The average molecular weight is 225 g/mol. The number of carbonyl (C=O) groups is 1. The summed E-state index contributed by atoms with van der Waals surface area (Å²) in [5.74, 6) is -1.54. The molecule has 6 nitrogen and oxygen atoms in total. The Kier molecular flexibility index (Phi) is 5.66. The van der Waals surface area contributed by atoms with Gasteiger partial charge in [0.05, 0.1) is 0 Å². The first-order valence-corrected chi connectivity index (χ1v) is 5.79. The molecule has 7 heteroatoms. The molecule has 0 radical (unpaired) electrons. The van der Waals surface area contributed by atoms with E-state index in [1.54, 1.807) is 0 Å². The van der Waals surface area contributed by atoms with E-state index in [9.17, 15) is 13.2 Å². The maximum Gasteiger partial charge on any atom is 0.325 e. The zero-order valence-electron chi connectivity index (χ0n) is 7.93. The Bertz CT molecular complexity index is 274. The summed E-state index contributed by atoms with van der Waals surface area (Å²) in [4.78, 5) is 10.4. The predicted molar refractivity (Wildman–Crippen MR) is 50.8 cm³/mol. The highest BCUT2D eigenvalue weighted by atomic mass is 32.2. The molecule has 0 aliphatic carbocycles. The van der Waals surface area contributed by atoms with Gasteiger partial charge in [0.25, 0.3) is 10.1 Å². The zero-order valence-corrected chi connectivity index (χ0v) is 8.75. The maximum atomic E-state index is 10.6. The van der Waals surface area contributed by atoms with Crippen LogP contribution in [0.3, 0.4) is 0 Å². The Morgan fingerprint density at radius 2 is 2.07 bits per heavy atom. The number of hydrogen-bond donors (Lipinski definition) is 3.